The summed E-state index contributed by atoms with van der Waals surface area (Å²) in [4.78, 5) is 12.5. The largest absolute Gasteiger partial charge is 0.493 e. The quantitative estimate of drug-likeness (QED) is 0.684. The minimum absolute atomic E-state index is 0.111. The zero-order valence-corrected chi connectivity index (χ0v) is 18.2. The van der Waals surface area contributed by atoms with E-state index >= 15 is 0 Å². The molecule has 0 atom stereocenters. The number of nitrogens with one attached hydrogen (secondary N) is 2. The van der Waals surface area contributed by atoms with Crippen LogP contribution in [0.5, 0.6) is 11.5 Å². The Morgan fingerprint density at radius 3 is 2.24 bits per heavy atom. The summed E-state index contributed by atoms with van der Waals surface area (Å²) in [6.45, 7) is 8.02. The van der Waals surface area contributed by atoms with Crippen molar-refractivity contribution in [2.75, 3.05) is 13.7 Å². The van der Waals surface area contributed by atoms with E-state index in [1.807, 2.05) is 13.0 Å². The molecule has 0 saturated heterocycles. The van der Waals surface area contributed by atoms with Crippen LogP contribution in [0.4, 0.5) is 0 Å². The first-order chi connectivity index (χ1) is 13.6. The second kappa shape index (κ2) is 9.28. The predicted molar refractivity (Wildman–Crippen MR) is 112 cm³/mol. The SMILES string of the molecule is CCOc1ccc(CNC(=O)c2ccc(S(=O)(=O)NC(C)(C)C)cc2)cc1OC. The fourth-order valence-electron chi connectivity index (χ4n) is 2.63. The minimum atomic E-state index is -3.64. The second-order valence-corrected chi connectivity index (χ2v) is 9.16. The Morgan fingerprint density at radius 1 is 1.03 bits per heavy atom. The van der Waals surface area contributed by atoms with Gasteiger partial charge in [0.2, 0.25) is 10.0 Å². The molecule has 2 aromatic carbocycles. The van der Waals surface area contributed by atoms with Crippen LogP contribution in [-0.2, 0) is 16.6 Å². The molecule has 0 aliphatic heterocycles. The van der Waals surface area contributed by atoms with Gasteiger partial charge < -0.3 is 14.8 Å². The highest BCUT2D eigenvalue weighted by Crippen LogP contribution is 2.28. The van der Waals surface area contributed by atoms with Crippen molar-refractivity contribution in [3.63, 3.8) is 0 Å². The molecule has 0 saturated carbocycles. The highest BCUT2D eigenvalue weighted by Gasteiger charge is 2.22. The molecular weight excluding hydrogens is 392 g/mol. The Balaban J connectivity index is 2.05. The van der Waals surface area contributed by atoms with Crippen LogP contribution in [0.25, 0.3) is 0 Å². The van der Waals surface area contributed by atoms with E-state index in [9.17, 15) is 13.2 Å². The van der Waals surface area contributed by atoms with Crippen LogP contribution in [0.1, 0.15) is 43.6 Å². The zero-order valence-electron chi connectivity index (χ0n) is 17.4. The number of sulfonamides is 1. The number of hydrogen-bond acceptors (Lipinski definition) is 5. The molecule has 29 heavy (non-hydrogen) atoms. The molecule has 0 bridgehead atoms. The van der Waals surface area contributed by atoms with Gasteiger partial charge in [0.05, 0.1) is 18.6 Å². The number of carbonyl (C=O) groups excluding carboxylic acids is 1. The second-order valence-electron chi connectivity index (χ2n) is 7.48. The molecule has 2 rings (SSSR count). The molecule has 0 spiro atoms. The van der Waals surface area contributed by atoms with E-state index in [4.69, 9.17) is 9.47 Å². The number of ether oxygens (including phenoxy) is 2. The third-order valence-electron chi connectivity index (χ3n) is 3.85. The van der Waals surface area contributed by atoms with Gasteiger partial charge in [-0.15, -0.1) is 0 Å². The van der Waals surface area contributed by atoms with Gasteiger partial charge in [-0.05, 0) is 69.7 Å². The van der Waals surface area contributed by atoms with E-state index in [1.54, 1.807) is 40.0 Å². The maximum atomic E-state index is 12.4. The molecule has 0 fully saturated rings. The van der Waals surface area contributed by atoms with Crippen LogP contribution in [0, 0.1) is 0 Å². The van der Waals surface area contributed by atoms with Gasteiger partial charge in [0.25, 0.3) is 5.91 Å². The molecule has 8 heteroatoms. The summed E-state index contributed by atoms with van der Waals surface area (Å²) in [5, 5.41) is 2.81. The van der Waals surface area contributed by atoms with Crippen molar-refractivity contribution in [1.29, 1.82) is 0 Å². The van der Waals surface area contributed by atoms with Gasteiger partial charge in [0.15, 0.2) is 11.5 Å². The first-order valence-corrected chi connectivity index (χ1v) is 10.8. The molecule has 0 aromatic heterocycles. The van der Waals surface area contributed by atoms with Gasteiger partial charge in [0.1, 0.15) is 0 Å². The lowest BCUT2D eigenvalue weighted by molar-refractivity contribution is 0.0950. The monoisotopic (exact) mass is 420 g/mol. The molecule has 0 heterocycles. The summed E-state index contributed by atoms with van der Waals surface area (Å²) < 4.78 is 38.1. The molecule has 2 aromatic rings. The Morgan fingerprint density at radius 2 is 1.69 bits per heavy atom. The molecule has 0 unspecified atom stereocenters. The number of amides is 1. The highest BCUT2D eigenvalue weighted by molar-refractivity contribution is 7.89. The van der Waals surface area contributed by atoms with Crippen molar-refractivity contribution in [3.8, 4) is 11.5 Å². The van der Waals surface area contributed by atoms with Crippen molar-refractivity contribution in [3.05, 3.63) is 53.6 Å². The summed E-state index contributed by atoms with van der Waals surface area (Å²) >= 11 is 0. The lowest BCUT2D eigenvalue weighted by Gasteiger charge is -2.20. The van der Waals surface area contributed by atoms with E-state index in [2.05, 4.69) is 10.0 Å². The van der Waals surface area contributed by atoms with Crippen LogP contribution in [0.3, 0.4) is 0 Å². The first-order valence-electron chi connectivity index (χ1n) is 9.27. The molecule has 0 aliphatic rings. The molecule has 0 radical (unpaired) electrons. The number of rotatable bonds is 8. The Hall–Kier alpha value is -2.58. The maximum absolute atomic E-state index is 12.4. The smallest absolute Gasteiger partial charge is 0.251 e. The standard InChI is InChI=1S/C21H28N2O5S/c1-6-28-18-12-7-15(13-19(18)27-5)14-22-20(24)16-8-10-17(11-9-16)29(25,26)23-21(2,3)4/h7-13,23H,6,14H2,1-5H3,(H,22,24). The molecule has 7 nitrogen and oxygen atoms in total. The molecule has 2 N–H and O–H groups in total. The zero-order chi connectivity index (χ0) is 21.7. The Labute approximate surface area is 172 Å². The van der Waals surface area contributed by atoms with Crippen molar-refractivity contribution >= 4 is 15.9 Å². The minimum Gasteiger partial charge on any atom is -0.493 e. The number of methoxy groups -OCH3 is 1. The lowest BCUT2D eigenvalue weighted by atomic mass is 10.1. The highest BCUT2D eigenvalue weighted by atomic mass is 32.2. The van der Waals surface area contributed by atoms with Crippen LogP contribution >= 0.6 is 0 Å². The fourth-order valence-corrected chi connectivity index (χ4v) is 4.05. The molecule has 0 aliphatic carbocycles. The third-order valence-corrected chi connectivity index (χ3v) is 5.62. The summed E-state index contributed by atoms with van der Waals surface area (Å²) in [6, 6.07) is 11.3. The van der Waals surface area contributed by atoms with Crippen LogP contribution < -0.4 is 19.5 Å². The summed E-state index contributed by atoms with van der Waals surface area (Å²) in [5.74, 6) is 0.941. The van der Waals surface area contributed by atoms with Gasteiger partial charge >= 0.3 is 0 Å². The predicted octanol–water partition coefficient (Wildman–Crippen LogP) is 3.10. The van der Waals surface area contributed by atoms with Gasteiger partial charge in [0, 0.05) is 17.6 Å². The fraction of sp³-hybridized carbons (Fsp3) is 0.381. The average molecular weight is 421 g/mol. The normalized spacial score (nSPS) is 11.8. The van der Waals surface area contributed by atoms with Crippen molar-refractivity contribution in [1.82, 2.24) is 10.0 Å². The first kappa shape index (κ1) is 22.7. The van der Waals surface area contributed by atoms with Crippen molar-refractivity contribution < 1.29 is 22.7 Å². The van der Waals surface area contributed by atoms with Crippen LogP contribution in [0.15, 0.2) is 47.4 Å². The number of benzene rings is 2. The summed E-state index contributed by atoms with van der Waals surface area (Å²) in [5.41, 5.74) is 0.637. The van der Waals surface area contributed by atoms with E-state index in [0.717, 1.165) is 5.56 Å². The Bertz CT molecular complexity index is 948. The van der Waals surface area contributed by atoms with Crippen LogP contribution in [-0.4, -0.2) is 33.6 Å². The van der Waals surface area contributed by atoms with Gasteiger partial charge in [-0.3, -0.25) is 4.79 Å². The van der Waals surface area contributed by atoms with Crippen molar-refractivity contribution in [2.24, 2.45) is 0 Å². The summed E-state index contributed by atoms with van der Waals surface area (Å²) in [6.07, 6.45) is 0. The average Bonchev–Trinajstić information content (AvgIpc) is 2.65. The summed E-state index contributed by atoms with van der Waals surface area (Å²) in [7, 11) is -2.08. The van der Waals surface area contributed by atoms with E-state index in [-0.39, 0.29) is 10.8 Å². The van der Waals surface area contributed by atoms with Crippen molar-refractivity contribution in [2.45, 2.75) is 44.7 Å². The number of hydrogen-bond donors (Lipinski definition) is 2. The van der Waals surface area contributed by atoms with E-state index < -0.39 is 15.6 Å². The van der Waals surface area contributed by atoms with Gasteiger partial charge in [-0.25, -0.2) is 13.1 Å². The van der Waals surface area contributed by atoms with Gasteiger partial charge in [-0.1, -0.05) is 6.07 Å². The number of carbonyl (C=O) groups is 1. The van der Waals surface area contributed by atoms with E-state index in [0.29, 0.717) is 30.2 Å². The molecular formula is C21H28N2O5S. The molecule has 1 amide bonds. The Kier molecular flexibility index (Phi) is 7.26. The van der Waals surface area contributed by atoms with Crippen LogP contribution in [0.2, 0.25) is 0 Å². The van der Waals surface area contributed by atoms with Gasteiger partial charge in [-0.2, -0.15) is 0 Å². The third kappa shape index (κ3) is 6.47. The maximum Gasteiger partial charge on any atom is 0.251 e. The molecule has 158 valence electrons. The lowest BCUT2D eigenvalue weighted by Crippen LogP contribution is -2.40. The topological polar surface area (TPSA) is 93.7 Å². The van der Waals surface area contributed by atoms with E-state index in [1.165, 1.54) is 24.3 Å².